The molecule has 2 N–H and O–H groups in total. The van der Waals surface area contributed by atoms with Crippen molar-refractivity contribution in [1.82, 2.24) is 14.0 Å². The third-order valence-corrected chi connectivity index (χ3v) is 8.17. The molecule has 36 heavy (non-hydrogen) atoms. The van der Waals surface area contributed by atoms with Gasteiger partial charge in [-0.2, -0.15) is 13.2 Å². The number of aromatic nitrogens is 2. The van der Waals surface area contributed by atoms with Crippen LogP contribution in [0.1, 0.15) is 41.5 Å². The molecule has 0 spiro atoms. The van der Waals surface area contributed by atoms with Gasteiger partial charge in [0.25, 0.3) is 5.56 Å². The minimum Gasteiger partial charge on any atom is -0.393 e. The van der Waals surface area contributed by atoms with Crippen LogP contribution in [0.15, 0.2) is 33.9 Å². The minimum absolute atomic E-state index is 0.0154. The summed E-state index contributed by atoms with van der Waals surface area (Å²) in [6, 6.07) is 6.88. The van der Waals surface area contributed by atoms with Crippen LogP contribution < -0.4 is 11.2 Å². The van der Waals surface area contributed by atoms with Crippen LogP contribution in [0.4, 0.5) is 13.2 Å². The third kappa shape index (κ3) is 5.70. The first kappa shape index (κ1) is 26.9. The van der Waals surface area contributed by atoms with E-state index in [2.05, 4.69) is 0 Å². The molecule has 1 unspecified atom stereocenters. The van der Waals surface area contributed by atoms with E-state index in [4.69, 9.17) is 11.6 Å². The number of likely N-dealkylation sites (tertiary alicyclic amines) is 1. The van der Waals surface area contributed by atoms with Crippen LogP contribution >= 0.6 is 22.9 Å². The fraction of sp³-hybridized carbons (Fsp3) is 0.500. The standard InChI is InChI=1S/C24H27ClF3N3O4S/c1-14-18-20(33)30(12-6-15-2-4-16(25)5-3-15)23(35)31(13-9-24(26,27)28)22(18)36-19(14)21(34)29-10-7-17(32)8-11-29/h2-5,17,21,32,34H,6-13H2,1H3. The van der Waals surface area contributed by atoms with Gasteiger partial charge < -0.3 is 10.2 Å². The molecule has 1 aliphatic heterocycles. The van der Waals surface area contributed by atoms with Crippen molar-refractivity contribution in [3.63, 3.8) is 0 Å². The number of nitrogens with zero attached hydrogens (tertiary/aromatic N) is 3. The summed E-state index contributed by atoms with van der Waals surface area (Å²) in [5.41, 5.74) is -0.139. The van der Waals surface area contributed by atoms with Gasteiger partial charge in [0.1, 0.15) is 11.1 Å². The zero-order chi connectivity index (χ0) is 26.2. The van der Waals surface area contributed by atoms with E-state index in [1.165, 1.54) is 0 Å². The molecule has 3 heterocycles. The minimum atomic E-state index is -4.49. The zero-order valence-corrected chi connectivity index (χ0v) is 21.2. The van der Waals surface area contributed by atoms with Gasteiger partial charge in [0.2, 0.25) is 0 Å². The highest BCUT2D eigenvalue weighted by Gasteiger charge is 2.31. The summed E-state index contributed by atoms with van der Waals surface area (Å²) in [7, 11) is 0. The number of benzene rings is 1. The second-order valence-electron chi connectivity index (χ2n) is 9.04. The molecule has 3 aromatic rings. The monoisotopic (exact) mass is 545 g/mol. The third-order valence-electron chi connectivity index (χ3n) is 6.57. The van der Waals surface area contributed by atoms with Crippen LogP contribution in [0.2, 0.25) is 5.02 Å². The Hall–Kier alpha value is -2.18. The molecule has 1 aliphatic rings. The fourth-order valence-electron chi connectivity index (χ4n) is 4.48. The summed E-state index contributed by atoms with van der Waals surface area (Å²) < 4.78 is 41.2. The highest BCUT2D eigenvalue weighted by atomic mass is 35.5. The van der Waals surface area contributed by atoms with Crippen molar-refractivity contribution in [3.05, 3.63) is 66.1 Å². The zero-order valence-electron chi connectivity index (χ0n) is 19.6. The molecule has 0 aliphatic carbocycles. The summed E-state index contributed by atoms with van der Waals surface area (Å²) in [6.45, 7) is 1.86. The Morgan fingerprint density at radius 1 is 1.11 bits per heavy atom. The van der Waals surface area contributed by atoms with Crippen LogP contribution in [-0.2, 0) is 19.5 Å². The van der Waals surface area contributed by atoms with E-state index in [1.54, 1.807) is 36.1 Å². The van der Waals surface area contributed by atoms with E-state index >= 15 is 0 Å². The van der Waals surface area contributed by atoms with Gasteiger partial charge in [-0.15, -0.1) is 11.3 Å². The lowest BCUT2D eigenvalue weighted by Crippen LogP contribution is -2.40. The maximum absolute atomic E-state index is 13.4. The summed E-state index contributed by atoms with van der Waals surface area (Å²) in [5.74, 6) is 0. The SMILES string of the molecule is Cc1c(C(O)N2CCC(O)CC2)sc2c1c(=O)n(CCc1ccc(Cl)cc1)c(=O)n2CCC(F)(F)F. The van der Waals surface area contributed by atoms with Crippen molar-refractivity contribution < 1.29 is 23.4 Å². The van der Waals surface area contributed by atoms with E-state index in [1.807, 2.05) is 0 Å². The number of hydrogen-bond acceptors (Lipinski definition) is 6. The summed E-state index contributed by atoms with van der Waals surface area (Å²) >= 11 is 6.88. The van der Waals surface area contributed by atoms with Gasteiger partial charge in [-0.3, -0.25) is 18.8 Å². The average molecular weight is 546 g/mol. The van der Waals surface area contributed by atoms with E-state index in [9.17, 15) is 33.0 Å². The van der Waals surface area contributed by atoms with Crippen LogP contribution in [-0.4, -0.2) is 49.6 Å². The van der Waals surface area contributed by atoms with Crippen molar-refractivity contribution in [2.45, 2.75) is 64.2 Å². The number of fused-ring (bicyclic) bond motifs is 1. The molecule has 4 rings (SSSR count). The number of piperidine rings is 1. The smallest absolute Gasteiger partial charge is 0.390 e. The maximum atomic E-state index is 13.4. The molecule has 0 bridgehead atoms. The predicted molar refractivity (Wildman–Crippen MR) is 133 cm³/mol. The van der Waals surface area contributed by atoms with Crippen LogP contribution in [0.25, 0.3) is 10.2 Å². The van der Waals surface area contributed by atoms with Crippen LogP contribution in [0.3, 0.4) is 0 Å². The van der Waals surface area contributed by atoms with E-state index in [0.717, 1.165) is 26.0 Å². The Labute approximate surface area is 214 Å². The van der Waals surface area contributed by atoms with Crippen molar-refractivity contribution in [2.75, 3.05) is 13.1 Å². The lowest BCUT2D eigenvalue weighted by Gasteiger charge is -2.33. The Balaban J connectivity index is 1.78. The van der Waals surface area contributed by atoms with Gasteiger partial charge in [0, 0.05) is 31.2 Å². The molecule has 196 valence electrons. The van der Waals surface area contributed by atoms with Gasteiger partial charge in [0.05, 0.1) is 22.8 Å². The first-order valence-corrected chi connectivity index (χ1v) is 12.8. The molecule has 0 radical (unpaired) electrons. The van der Waals surface area contributed by atoms with Gasteiger partial charge in [-0.05, 0) is 49.4 Å². The Bertz CT molecular complexity index is 1340. The summed E-state index contributed by atoms with van der Waals surface area (Å²) in [5, 5.41) is 21.5. The molecule has 12 heteroatoms. The largest absolute Gasteiger partial charge is 0.393 e. The van der Waals surface area contributed by atoms with Gasteiger partial charge in [0.15, 0.2) is 0 Å². The number of thiophene rings is 1. The number of aryl methyl sites for hydroxylation is 3. The molecule has 0 saturated carbocycles. The number of alkyl halides is 3. The van der Waals surface area contributed by atoms with Gasteiger partial charge in [-0.1, -0.05) is 23.7 Å². The Morgan fingerprint density at radius 2 is 1.75 bits per heavy atom. The first-order valence-electron chi connectivity index (χ1n) is 11.6. The molecular weight excluding hydrogens is 519 g/mol. The van der Waals surface area contributed by atoms with E-state index in [0.29, 0.717) is 47.8 Å². The number of halogens is 4. The number of rotatable bonds is 7. The second kappa shape index (κ2) is 10.7. The van der Waals surface area contributed by atoms with E-state index in [-0.39, 0.29) is 16.8 Å². The lowest BCUT2D eigenvalue weighted by atomic mass is 10.1. The molecule has 1 saturated heterocycles. The van der Waals surface area contributed by atoms with Crippen molar-refractivity contribution in [3.8, 4) is 0 Å². The highest BCUT2D eigenvalue weighted by molar-refractivity contribution is 7.19. The second-order valence-corrected chi connectivity index (χ2v) is 10.5. The van der Waals surface area contributed by atoms with Crippen molar-refractivity contribution >= 4 is 33.2 Å². The van der Waals surface area contributed by atoms with Crippen molar-refractivity contribution in [1.29, 1.82) is 0 Å². The number of aliphatic hydroxyl groups is 2. The normalized spacial score (nSPS) is 16.6. The Morgan fingerprint density at radius 3 is 2.36 bits per heavy atom. The summed E-state index contributed by atoms with van der Waals surface area (Å²) in [6.07, 6.45) is -5.98. The molecule has 0 amide bonds. The highest BCUT2D eigenvalue weighted by Crippen LogP contribution is 2.35. The topological polar surface area (TPSA) is 87.7 Å². The fourth-order valence-corrected chi connectivity index (χ4v) is 5.95. The molecule has 7 nitrogen and oxygen atoms in total. The quantitative estimate of drug-likeness (QED) is 0.471. The number of aliphatic hydroxyl groups excluding tert-OH is 2. The first-order chi connectivity index (χ1) is 17.0. The predicted octanol–water partition coefficient (Wildman–Crippen LogP) is 3.83. The van der Waals surface area contributed by atoms with E-state index < -0.39 is 42.7 Å². The molecule has 2 aromatic heterocycles. The lowest BCUT2D eigenvalue weighted by molar-refractivity contribution is -0.136. The van der Waals surface area contributed by atoms with Gasteiger partial charge in [-0.25, -0.2) is 4.79 Å². The Kier molecular flexibility index (Phi) is 7.96. The molecular formula is C24H27ClF3N3O4S. The summed E-state index contributed by atoms with van der Waals surface area (Å²) in [4.78, 5) is 29.0. The number of hydrogen-bond donors (Lipinski definition) is 2. The van der Waals surface area contributed by atoms with Crippen molar-refractivity contribution in [2.24, 2.45) is 0 Å². The molecule has 1 fully saturated rings. The molecule has 1 aromatic carbocycles. The maximum Gasteiger partial charge on any atom is 0.390 e. The molecule has 1 atom stereocenters. The van der Waals surface area contributed by atoms with Gasteiger partial charge >= 0.3 is 11.9 Å². The van der Waals surface area contributed by atoms with Crippen LogP contribution in [0, 0.1) is 6.92 Å². The van der Waals surface area contributed by atoms with Crippen LogP contribution in [0.5, 0.6) is 0 Å². The average Bonchev–Trinajstić information content (AvgIpc) is 3.16.